The third-order valence-corrected chi connectivity index (χ3v) is 3.56. The molecule has 0 atom stereocenters. The van der Waals surface area contributed by atoms with Gasteiger partial charge in [-0.2, -0.15) is 0 Å². The molecule has 0 spiro atoms. The van der Waals surface area contributed by atoms with Crippen molar-refractivity contribution in [1.82, 2.24) is 4.98 Å². The van der Waals surface area contributed by atoms with Gasteiger partial charge in [0.05, 0.1) is 25.1 Å². The number of nitrogens with one attached hydrogen (secondary N) is 1. The molecule has 2 aromatic rings. The summed E-state index contributed by atoms with van der Waals surface area (Å²) in [5.74, 6) is 1.60. The topological polar surface area (TPSA) is 43.4 Å². The van der Waals surface area contributed by atoms with Crippen molar-refractivity contribution in [3.05, 3.63) is 46.6 Å². The highest BCUT2D eigenvalue weighted by atomic mass is 35.5. The Kier molecular flexibility index (Phi) is 4.15. The van der Waals surface area contributed by atoms with Crippen LogP contribution in [-0.2, 0) is 13.0 Å². The fourth-order valence-corrected chi connectivity index (χ4v) is 2.66. The summed E-state index contributed by atoms with van der Waals surface area (Å²) >= 11 is 6.15. The lowest BCUT2D eigenvalue weighted by Gasteiger charge is -2.11. The number of nitrogens with zero attached hydrogens (tertiary/aromatic N) is 1. The molecule has 110 valence electrons. The van der Waals surface area contributed by atoms with Crippen LogP contribution in [0.5, 0.6) is 11.6 Å². The fraction of sp³-hybridized carbons (Fsp3) is 0.312. The number of rotatable bonds is 5. The molecule has 0 saturated carbocycles. The summed E-state index contributed by atoms with van der Waals surface area (Å²) < 4.78 is 11.0. The Hall–Kier alpha value is -1.94. The lowest BCUT2D eigenvalue weighted by Crippen LogP contribution is -2.02. The Morgan fingerprint density at radius 2 is 2.29 bits per heavy atom. The lowest BCUT2D eigenvalue weighted by molar-refractivity contribution is 0.327. The van der Waals surface area contributed by atoms with Gasteiger partial charge in [0.15, 0.2) is 0 Å². The summed E-state index contributed by atoms with van der Waals surface area (Å²) in [5, 5.41) is 4.08. The number of hydrogen-bond donors (Lipinski definition) is 1. The lowest BCUT2D eigenvalue weighted by atomic mass is 10.1. The maximum Gasteiger partial charge on any atom is 0.213 e. The molecule has 3 rings (SSSR count). The van der Waals surface area contributed by atoms with E-state index in [0.29, 0.717) is 19.0 Å². The number of halogens is 1. The Morgan fingerprint density at radius 1 is 1.38 bits per heavy atom. The van der Waals surface area contributed by atoms with Crippen LogP contribution < -0.4 is 14.8 Å². The zero-order chi connectivity index (χ0) is 14.7. The van der Waals surface area contributed by atoms with Gasteiger partial charge in [-0.1, -0.05) is 11.6 Å². The van der Waals surface area contributed by atoms with E-state index >= 15 is 0 Å². The van der Waals surface area contributed by atoms with E-state index in [1.54, 1.807) is 6.20 Å². The van der Waals surface area contributed by atoms with Gasteiger partial charge in [-0.05, 0) is 30.7 Å². The van der Waals surface area contributed by atoms with Gasteiger partial charge in [-0.25, -0.2) is 4.98 Å². The van der Waals surface area contributed by atoms with E-state index in [0.717, 1.165) is 35.1 Å². The van der Waals surface area contributed by atoms with Crippen molar-refractivity contribution in [2.45, 2.75) is 19.9 Å². The van der Waals surface area contributed by atoms with E-state index < -0.39 is 0 Å². The first-order valence-electron chi connectivity index (χ1n) is 7.03. The van der Waals surface area contributed by atoms with Gasteiger partial charge in [-0.3, -0.25) is 0 Å². The van der Waals surface area contributed by atoms with Crippen molar-refractivity contribution < 1.29 is 9.47 Å². The van der Waals surface area contributed by atoms with E-state index in [2.05, 4.69) is 10.3 Å². The number of ether oxygens (including phenoxy) is 2. The second-order valence-electron chi connectivity index (χ2n) is 4.82. The van der Waals surface area contributed by atoms with Crippen LogP contribution in [0.2, 0.25) is 5.02 Å². The summed E-state index contributed by atoms with van der Waals surface area (Å²) in [5.41, 5.74) is 3.19. The predicted octanol–water partition coefficient (Wildman–Crippen LogP) is 3.68. The molecule has 0 aliphatic carbocycles. The molecule has 1 aliphatic heterocycles. The number of aromatic nitrogens is 1. The monoisotopic (exact) mass is 304 g/mol. The number of anilines is 1. The molecule has 1 aromatic heterocycles. The molecule has 0 fully saturated rings. The van der Waals surface area contributed by atoms with Crippen molar-refractivity contribution in [3.63, 3.8) is 0 Å². The minimum Gasteiger partial charge on any atom is -0.493 e. The van der Waals surface area contributed by atoms with Crippen LogP contribution in [0.15, 0.2) is 30.5 Å². The van der Waals surface area contributed by atoms with Gasteiger partial charge in [-0.15, -0.1) is 0 Å². The molecule has 1 aliphatic rings. The van der Waals surface area contributed by atoms with E-state index in [4.69, 9.17) is 21.1 Å². The molecular formula is C16H17ClN2O2. The van der Waals surface area contributed by atoms with E-state index in [-0.39, 0.29) is 0 Å². The van der Waals surface area contributed by atoms with Gasteiger partial charge in [0.25, 0.3) is 0 Å². The Morgan fingerprint density at radius 3 is 3.05 bits per heavy atom. The molecule has 0 radical (unpaired) electrons. The summed E-state index contributed by atoms with van der Waals surface area (Å²) in [7, 11) is 0. The third kappa shape index (κ3) is 3.22. The molecule has 1 N–H and O–H groups in total. The van der Waals surface area contributed by atoms with Gasteiger partial charge in [0.2, 0.25) is 5.88 Å². The molecule has 0 bridgehead atoms. The van der Waals surface area contributed by atoms with E-state index in [9.17, 15) is 0 Å². The molecule has 1 aromatic carbocycles. The number of hydrogen-bond acceptors (Lipinski definition) is 4. The molecule has 0 unspecified atom stereocenters. The van der Waals surface area contributed by atoms with Crippen LogP contribution in [0.3, 0.4) is 0 Å². The molecule has 21 heavy (non-hydrogen) atoms. The zero-order valence-corrected chi connectivity index (χ0v) is 12.6. The van der Waals surface area contributed by atoms with Crippen LogP contribution in [0.25, 0.3) is 0 Å². The van der Waals surface area contributed by atoms with E-state index in [1.165, 1.54) is 5.56 Å². The van der Waals surface area contributed by atoms with Crippen LogP contribution in [0, 0.1) is 0 Å². The molecule has 0 amide bonds. The Labute approximate surface area is 129 Å². The van der Waals surface area contributed by atoms with Crippen LogP contribution >= 0.6 is 11.6 Å². The number of benzene rings is 1. The quantitative estimate of drug-likeness (QED) is 0.915. The largest absolute Gasteiger partial charge is 0.493 e. The average molecular weight is 305 g/mol. The number of fused-ring (bicyclic) bond motifs is 1. The van der Waals surface area contributed by atoms with Crippen LogP contribution in [0.4, 0.5) is 5.69 Å². The number of pyridine rings is 1. The van der Waals surface area contributed by atoms with Crippen molar-refractivity contribution in [2.24, 2.45) is 0 Å². The van der Waals surface area contributed by atoms with Crippen LogP contribution in [-0.4, -0.2) is 18.2 Å². The van der Waals surface area contributed by atoms with Crippen LogP contribution in [0.1, 0.15) is 18.1 Å². The fourth-order valence-electron chi connectivity index (χ4n) is 2.39. The maximum atomic E-state index is 6.15. The Bertz CT molecular complexity index is 629. The third-order valence-electron chi connectivity index (χ3n) is 3.34. The molecular weight excluding hydrogens is 288 g/mol. The highest BCUT2D eigenvalue weighted by Gasteiger charge is 2.17. The van der Waals surface area contributed by atoms with E-state index in [1.807, 2.05) is 31.2 Å². The molecule has 4 nitrogen and oxygen atoms in total. The Balaban J connectivity index is 1.70. The zero-order valence-electron chi connectivity index (χ0n) is 11.9. The van der Waals surface area contributed by atoms with Gasteiger partial charge in [0, 0.05) is 29.6 Å². The second kappa shape index (κ2) is 6.22. The maximum absolute atomic E-state index is 6.15. The SMILES string of the molecule is CCOc1ccc(NCc2cc(Cl)cc3c2OCC3)cn1. The first-order valence-corrected chi connectivity index (χ1v) is 7.41. The smallest absolute Gasteiger partial charge is 0.213 e. The highest BCUT2D eigenvalue weighted by molar-refractivity contribution is 6.30. The first-order chi connectivity index (χ1) is 10.3. The minimum atomic E-state index is 0.617. The molecule has 2 heterocycles. The second-order valence-corrected chi connectivity index (χ2v) is 5.26. The highest BCUT2D eigenvalue weighted by Crippen LogP contribution is 2.33. The average Bonchev–Trinajstić information content (AvgIpc) is 2.94. The van der Waals surface area contributed by atoms with Crippen molar-refractivity contribution in [2.75, 3.05) is 18.5 Å². The predicted molar refractivity (Wildman–Crippen MR) is 83.4 cm³/mol. The molecule has 5 heteroatoms. The summed E-state index contributed by atoms with van der Waals surface area (Å²) in [6, 6.07) is 7.72. The summed E-state index contributed by atoms with van der Waals surface area (Å²) in [6.45, 7) is 3.94. The normalized spacial score (nSPS) is 12.7. The standard InChI is InChI=1S/C16H17ClN2O2/c1-2-20-15-4-3-14(10-19-15)18-9-12-8-13(17)7-11-5-6-21-16(11)12/h3-4,7-8,10,18H,2,5-6,9H2,1H3. The minimum absolute atomic E-state index is 0.617. The van der Waals surface area contributed by atoms with Crippen molar-refractivity contribution in [3.8, 4) is 11.6 Å². The van der Waals surface area contributed by atoms with Gasteiger partial charge >= 0.3 is 0 Å². The first kappa shape index (κ1) is 14.0. The van der Waals surface area contributed by atoms with Crippen molar-refractivity contribution >= 4 is 17.3 Å². The van der Waals surface area contributed by atoms with Gasteiger partial charge < -0.3 is 14.8 Å². The summed E-state index contributed by atoms with van der Waals surface area (Å²) in [4.78, 5) is 4.23. The van der Waals surface area contributed by atoms with Gasteiger partial charge in [0.1, 0.15) is 5.75 Å². The molecule has 0 saturated heterocycles. The summed E-state index contributed by atoms with van der Waals surface area (Å²) in [6.07, 6.45) is 2.68. The van der Waals surface area contributed by atoms with Crippen molar-refractivity contribution in [1.29, 1.82) is 0 Å².